The highest BCUT2D eigenvalue weighted by molar-refractivity contribution is 6.38. The van der Waals surface area contributed by atoms with Crippen molar-refractivity contribution in [1.82, 2.24) is 9.80 Å². The number of piperazine rings is 1. The second-order valence-corrected chi connectivity index (χ2v) is 10.9. The monoisotopic (exact) mass is 573 g/mol. The number of amides is 2. The summed E-state index contributed by atoms with van der Waals surface area (Å²) in [5, 5.41) is 6.94. The van der Waals surface area contributed by atoms with Gasteiger partial charge in [-0.3, -0.25) is 14.5 Å². The molecule has 0 atom stereocenters. The van der Waals surface area contributed by atoms with Gasteiger partial charge in [-0.2, -0.15) is 4.89 Å². The molecule has 0 aliphatic carbocycles. The van der Waals surface area contributed by atoms with E-state index in [4.69, 9.17) is 21.4 Å². The fourth-order valence-corrected chi connectivity index (χ4v) is 5.56. The number of halogens is 1. The van der Waals surface area contributed by atoms with Crippen molar-refractivity contribution < 1.29 is 19.4 Å². The SMILES string of the molecule is CCN(C(=O)CN1CCN(C)CC1)c1ccc(N/C(=C2\C(=O)Nc3cc(Cl)ccc32)c2ccc3c(c2)OOC3)cc1. The van der Waals surface area contributed by atoms with Gasteiger partial charge in [-0.25, -0.2) is 0 Å². The van der Waals surface area contributed by atoms with Crippen LogP contribution in [0.25, 0.3) is 11.3 Å². The lowest BCUT2D eigenvalue weighted by Crippen LogP contribution is -2.49. The molecule has 1 saturated heterocycles. The van der Waals surface area contributed by atoms with Gasteiger partial charge in [0, 0.05) is 65.8 Å². The minimum absolute atomic E-state index is 0.0822. The van der Waals surface area contributed by atoms with Gasteiger partial charge in [0.05, 0.1) is 23.5 Å². The van der Waals surface area contributed by atoms with Crippen LogP contribution in [-0.4, -0.2) is 67.9 Å². The fraction of sp³-hybridized carbons (Fsp3) is 0.290. The van der Waals surface area contributed by atoms with Crippen LogP contribution < -0.4 is 20.4 Å². The number of carbonyl (C=O) groups is 2. The molecule has 2 amide bonds. The Morgan fingerprint density at radius 1 is 1.05 bits per heavy atom. The molecule has 3 aromatic rings. The summed E-state index contributed by atoms with van der Waals surface area (Å²) in [7, 11) is 2.11. The number of carbonyl (C=O) groups excluding carboxylic acids is 2. The first-order chi connectivity index (χ1) is 19.9. The predicted molar refractivity (Wildman–Crippen MR) is 161 cm³/mol. The summed E-state index contributed by atoms with van der Waals surface area (Å²) in [6.45, 7) is 7.06. The zero-order chi connectivity index (χ0) is 28.5. The van der Waals surface area contributed by atoms with Crippen LogP contribution in [0.15, 0.2) is 60.7 Å². The van der Waals surface area contributed by atoms with Crippen molar-refractivity contribution in [3.8, 4) is 5.75 Å². The lowest BCUT2D eigenvalue weighted by Gasteiger charge is -2.33. The summed E-state index contributed by atoms with van der Waals surface area (Å²) < 4.78 is 0. The Morgan fingerprint density at radius 2 is 1.83 bits per heavy atom. The van der Waals surface area contributed by atoms with Crippen LogP contribution >= 0.6 is 11.6 Å². The number of hydrogen-bond donors (Lipinski definition) is 2. The minimum Gasteiger partial charge on any atom is -0.354 e. The second-order valence-electron chi connectivity index (χ2n) is 10.5. The standard InChI is InChI=1S/C31H32ClN5O4/c1-3-37(28(38)18-36-14-12-35(2)13-15-36)24-9-7-23(8-10-24)33-30(20-4-5-21-19-40-41-27(21)16-20)29-25-11-6-22(32)17-26(25)34-31(29)39/h4-11,16-17,33H,3,12-15,18-19H2,1-2H3,(H,34,39)/b30-29-. The number of fused-ring (bicyclic) bond motifs is 2. The summed E-state index contributed by atoms with van der Waals surface area (Å²) in [4.78, 5) is 43.2. The summed E-state index contributed by atoms with van der Waals surface area (Å²) in [6, 6.07) is 18.8. The maximum Gasteiger partial charge on any atom is 0.258 e. The number of rotatable bonds is 7. The van der Waals surface area contributed by atoms with Gasteiger partial charge in [0.2, 0.25) is 5.91 Å². The van der Waals surface area contributed by atoms with Crippen LogP contribution in [0.5, 0.6) is 5.75 Å². The maximum atomic E-state index is 13.3. The second kappa shape index (κ2) is 11.5. The van der Waals surface area contributed by atoms with Crippen LogP contribution in [0.3, 0.4) is 0 Å². The van der Waals surface area contributed by atoms with Gasteiger partial charge < -0.3 is 25.3 Å². The molecule has 0 spiro atoms. The summed E-state index contributed by atoms with van der Waals surface area (Å²) in [5.41, 5.74) is 5.83. The van der Waals surface area contributed by atoms with Crippen molar-refractivity contribution in [3.05, 3.63) is 82.4 Å². The highest BCUT2D eigenvalue weighted by Crippen LogP contribution is 2.40. The van der Waals surface area contributed by atoms with Crippen molar-refractivity contribution in [2.24, 2.45) is 0 Å². The molecule has 3 aliphatic heterocycles. The minimum atomic E-state index is -0.231. The summed E-state index contributed by atoms with van der Waals surface area (Å²) >= 11 is 6.20. The van der Waals surface area contributed by atoms with Crippen LogP contribution in [0, 0.1) is 0 Å². The Kier molecular flexibility index (Phi) is 7.68. The van der Waals surface area contributed by atoms with E-state index in [0.29, 0.717) is 47.4 Å². The van der Waals surface area contributed by atoms with Crippen LogP contribution in [0.4, 0.5) is 17.1 Å². The van der Waals surface area contributed by atoms with Gasteiger partial charge in [-0.05, 0) is 56.4 Å². The maximum absolute atomic E-state index is 13.3. The quantitative estimate of drug-likeness (QED) is 0.313. The molecule has 0 saturated carbocycles. The highest BCUT2D eigenvalue weighted by Gasteiger charge is 2.29. The molecule has 3 aliphatic rings. The van der Waals surface area contributed by atoms with Crippen molar-refractivity contribution in [3.63, 3.8) is 0 Å². The Bertz CT molecular complexity index is 1520. The molecule has 3 aromatic carbocycles. The van der Waals surface area contributed by atoms with Crippen molar-refractivity contribution in [2.75, 3.05) is 61.8 Å². The zero-order valence-corrected chi connectivity index (χ0v) is 23.8. The number of benzene rings is 3. The Balaban J connectivity index is 1.29. The fourth-order valence-electron chi connectivity index (χ4n) is 5.39. The molecular formula is C31H32ClN5O4. The lowest BCUT2D eigenvalue weighted by molar-refractivity contribution is -0.194. The van der Waals surface area contributed by atoms with Crippen molar-refractivity contribution in [2.45, 2.75) is 13.5 Å². The highest BCUT2D eigenvalue weighted by atomic mass is 35.5. The molecule has 41 heavy (non-hydrogen) atoms. The molecule has 0 aromatic heterocycles. The van der Waals surface area contributed by atoms with E-state index in [-0.39, 0.29) is 11.8 Å². The van der Waals surface area contributed by atoms with Gasteiger partial charge in [-0.15, -0.1) is 0 Å². The molecule has 212 valence electrons. The van der Waals surface area contributed by atoms with Crippen LogP contribution in [0.2, 0.25) is 5.02 Å². The van der Waals surface area contributed by atoms with E-state index in [9.17, 15) is 9.59 Å². The smallest absolute Gasteiger partial charge is 0.258 e. The molecule has 6 rings (SSSR count). The van der Waals surface area contributed by atoms with E-state index >= 15 is 0 Å². The third-order valence-corrected chi connectivity index (χ3v) is 7.95. The van der Waals surface area contributed by atoms with E-state index in [1.54, 1.807) is 12.1 Å². The molecule has 1 fully saturated rings. The lowest BCUT2D eigenvalue weighted by atomic mass is 9.99. The third kappa shape index (κ3) is 5.67. The van der Waals surface area contributed by atoms with Gasteiger partial charge in [0.25, 0.3) is 5.91 Å². The molecule has 9 nitrogen and oxygen atoms in total. The normalized spacial score (nSPS) is 17.9. The van der Waals surface area contributed by atoms with Gasteiger partial charge in [-0.1, -0.05) is 29.8 Å². The average Bonchev–Trinajstić information content (AvgIpc) is 3.57. The first-order valence-electron chi connectivity index (χ1n) is 13.8. The van der Waals surface area contributed by atoms with E-state index in [1.165, 1.54) is 0 Å². The molecule has 10 heteroatoms. The molecular weight excluding hydrogens is 542 g/mol. The molecule has 0 bridgehead atoms. The predicted octanol–water partition coefficient (Wildman–Crippen LogP) is 4.70. The van der Waals surface area contributed by atoms with E-state index in [1.807, 2.05) is 60.4 Å². The third-order valence-electron chi connectivity index (χ3n) is 7.72. The van der Waals surface area contributed by atoms with Crippen LogP contribution in [0.1, 0.15) is 23.6 Å². The summed E-state index contributed by atoms with van der Waals surface area (Å²) in [6.07, 6.45) is 0. The van der Waals surface area contributed by atoms with E-state index < -0.39 is 0 Å². The van der Waals surface area contributed by atoms with Crippen molar-refractivity contribution in [1.29, 1.82) is 0 Å². The molecule has 3 heterocycles. The Hall–Kier alpha value is -3.89. The summed E-state index contributed by atoms with van der Waals surface area (Å²) in [5.74, 6) is 0.467. The zero-order valence-electron chi connectivity index (χ0n) is 23.1. The average molecular weight is 574 g/mol. The Labute approximate surface area is 244 Å². The van der Waals surface area contributed by atoms with Gasteiger partial charge >= 0.3 is 0 Å². The van der Waals surface area contributed by atoms with Gasteiger partial charge in [0.1, 0.15) is 6.61 Å². The Morgan fingerprint density at radius 3 is 2.59 bits per heavy atom. The first-order valence-corrected chi connectivity index (χ1v) is 14.1. The number of likely N-dealkylation sites (N-methyl/N-ethyl adjacent to an activating group) is 2. The number of anilines is 3. The number of hydrogen-bond acceptors (Lipinski definition) is 7. The van der Waals surface area contributed by atoms with Crippen molar-refractivity contribution >= 4 is 51.7 Å². The first kappa shape index (κ1) is 27.3. The molecule has 0 unspecified atom stereocenters. The van der Waals surface area contributed by atoms with E-state index in [0.717, 1.165) is 54.2 Å². The van der Waals surface area contributed by atoms with E-state index in [2.05, 4.69) is 27.5 Å². The molecule has 2 N–H and O–H groups in total. The molecule has 0 radical (unpaired) electrons. The number of nitrogens with zero attached hydrogens (tertiary/aromatic N) is 3. The number of nitrogens with one attached hydrogen (secondary N) is 2. The van der Waals surface area contributed by atoms with Crippen LogP contribution in [-0.2, 0) is 21.1 Å². The topological polar surface area (TPSA) is 86.4 Å². The van der Waals surface area contributed by atoms with Gasteiger partial charge in [0.15, 0.2) is 5.75 Å². The largest absolute Gasteiger partial charge is 0.354 e.